The van der Waals surface area contributed by atoms with Crippen LogP contribution < -0.4 is 0 Å². The van der Waals surface area contributed by atoms with Crippen LogP contribution >= 0.6 is 0 Å². The summed E-state index contributed by atoms with van der Waals surface area (Å²) in [6, 6.07) is 3.57. The van der Waals surface area contributed by atoms with Gasteiger partial charge in [-0.25, -0.2) is 13.5 Å². The second-order valence-electron chi connectivity index (χ2n) is 10.9. The lowest BCUT2D eigenvalue weighted by atomic mass is 9.96. The van der Waals surface area contributed by atoms with Gasteiger partial charge >= 0.3 is 0 Å². The molecular weight excluding hydrogens is 460 g/mol. The molecule has 4 aliphatic heterocycles. The number of fused-ring (bicyclic) bond motifs is 1. The van der Waals surface area contributed by atoms with E-state index < -0.39 is 5.82 Å². The smallest absolute Gasteiger partial charge is 0.257 e. The normalized spacial score (nSPS) is 27.1. The molecule has 0 radical (unpaired) electrons. The second kappa shape index (κ2) is 10.1. The molecule has 2 aromatic rings. The zero-order valence-corrected chi connectivity index (χ0v) is 20.8. The van der Waals surface area contributed by atoms with Crippen molar-refractivity contribution in [2.24, 2.45) is 5.92 Å². The van der Waals surface area contributed by atoms with Crippen LogP contribution in [0.4, 0.5) is 8.78 Å². The summed E-state index contributed by atoms with van der Waals surface area (Å²) in [6.45, 7) is 5.89. The summed E-state index contributed by atoms with van der Waals surface area (Å²) >= 11 is 0. The summed E-state index contributed by atoms with van der Waals surface area (Å²) in [5, 5.41) is 4.48. The number of rotatable bonds is 5. The predicted molar refractivity (Wildman–Crippen MR) is 134 cm³/mol. The second-order valence-corrected chi connectivity index (χ2v) is 10.9. The summed E-state index contributed by atoms with van der Waals surface area (Å²) in [6.07, 6.45) is 12.9. The molecule has 0 bridgehead atoms. The summed E-state index contributed by atoms with van der Waals surface area (Å²) in [7, 11) is 0. The molecular formula is C28H35F2N5O. The van der Waals surface area contributed by atoms with Crippen LogP contribution in [-0.4, -0.2) is 75.7 Å². The Morgan fingerprint density at radius 3 is 2.72 bits per heavy atom. The number of likely N-dealkylation sites (tertiary alicyclic amines) is 3. The van der Waals surface area contributed by atoms with E-state index >= 15 is 0 Å². The van der Waals surface area contributed by atoms with Crippen molar-refractivity contribution in [2.45, 2.75) is 57.0 Å². The SMILES string of the molecule is O=C(c1cnn2c1CC(N1CCC[C@@H]1c1cc(F)ccc1F)C=C2)N1CCC[C@@H](CN2CCCC2)C1. The van der Waals surface area contributed by atoms with Crippen LogP contribution in [0.1, 0.15) is 66.2 Å². The van der Waals surface area contributed by atoms with E-state index in [1.807, 2.05) is 15.8 Å². The summed E-state index contributed by atoms with van der Waals surface area (Å²) < 4.78 is 30.3. The Morgan fingerprint density at radius 1 is 1.03 bits per heavy atom. The van der Waals surface area contributed by atoms with Crippen molar-refractivity contribution >= 4 is 12.1 Å². The number of piperidine rings is 1. The number of hydrogen-bond acceptors (Lipinski definition) is 4. The minimum atomic E-state index is -0.409. The maximum atomic E-state index is 14.6. The molecule has 0 aliphatic carbocycles. The number of benzene rings is 1. The van der Waals surface area contributed by atoms with Gasteiger partial charge in [0.25, 0.3) is 5.91 Å². The molecule has 4 aliphatic rings. The topological polar surface area (TPSA) is 44.6 Å². The number of aromatic nitrogens is 2. The van der Waals surface area contributed by atoms with Gasteiger partial charge in [-0.2, -0.15) is 5.10 Å². The monoisotopic (exact) mass is 495 g/mol. The Bertz CT molecular complexity index is 1140. The molecule has 5 heterocycles. The van der Waals surface area contributed by atoms with E-state index in [2.05, 4.69) is 21.0 Å². The lowest BCUT2D eigenvalue weighted by Crippen LogP contribution is -2.44. The zero-order valence-electron chi connectivity index (χ0n) is 20.8. The van der Waals surface area contributed by atoms with E-state index in [1.165, 1.54) is 50.6 Å². The fourth-order valence-corrected chi connectivity index (χ4v) is 6.76. The molecule has 1 aromatic carbocycles. The highest BCUT2D eigenvalue weighted by molar-refractivity contribution is 5.95. The lowest BCUT2D eigenvalue weighted by molar-refractivity contribution is 0.0646. The fourth-order valence-electron chi connectivity index (χ4n) is 6.76. The van der Waals surface area contributed by atoms with E-state index in [-0.39, 0.29) is 23.8 Å². The maximum absolute atomic E-state index is 14.6. The fraction of sp³-hybridized carbons (Fsp3) is 0.571. The number of hydrogen-bond donors (Lipinski definition) is 0. The Labute approximate surface area is 211 Å². The molecule has 1 amide bonds. The average Bonchev–Trinajstić information content (AvgIpc) is 3.66. The van der Waals surface area contributed by atoms with Crippen molar-refractivity contribution in [3.63, 3.8) is 0 Å². The Morgan fingerprint density at radius 2 is 1.86 bits per heavy atom. The Hall–Kier alpha value is -2.58. The Balaban J connectivity index is 1.17. The summed E-state index contributed by atoms with van der Waals surface area (Å²) in [5.41, 5.74) is 2.02. The highest BCUT2D eigenvalue weighted by Gasteiger charge is 2.36. The number of halogens is 2. The summed E-state index contributed by atoms with van der Waals surface area (Å²) in [4.78, 5) is 20.5. The van der Waals surface area contributed by atoms with Crippen molar-refractivity contribution in [1.82, 2.24) is 24.5 Å². The van der Waals surface area contributed by atoms with E-state index in [0.717, 1.165) is 51.1 Å². The molecule has 0 N–H and O–H groups in total. The van der Waals surface area contributed by atoms with Gasteiger partial charge in [0.2, 0.25) is 0 Å². The molecule has 3 atom stereocenters. The third kappa shape index (κ3) is 4.61. The number of nitrogens with zero attached hydrogens (tertiary/aromatic N) is 5. The number of carbonyl (C=O) groups excluding carboxylic acids is 1. The quantitative estimate of drug-likeness (QED) is 0.619. The van der Waals surface area contributed by atoms with Gasteiger partial charge < -0.3 is 9.80 Å². The van der Waals surface area contributed by atoms with Crippen LogP contribution in [0.25, 0.3) is 6.20 Å². The van der Waals surface area contributed by atoms with Gasteiger partial charge in [-0.05, 0) is 88.4 Å². The van der Waals surface area contributed by atoms with E-state index in [1.54, 1.807) is 6.20 Å². The molecule has 8 heteroatoms. The van der Waals surface area contributed by atoms with Crippen LogP contribution in [0.5, 0.6) is 0 Å². The Kier molecular flexibility index (Phi) is 6.65. The first kappa shape index (κ1) is 23.8. The standard InChI is InChI=1S/C28H35F2N5O/c29-21-7-8-25(30)23(15-21)26-6-4-13-34(26)22-9-14-35-27(16-22)24(17-31-35)28(36)33-12-3-5-20(19-33)18-32-10-1-2-11-32/h7-9,14-15,17,20,22,26H,1-6,10-13,16,18-19H2/t20-,22?,26+/m0/s1. The van der Waals surface area contributed by atoms with Crippen molar-refractivity contribution < 1.29 is 13.6 Å². The molecule has 1 aromatic heterocycles. The van der Waals surface area contributed by atoms with Gasteiger partial charge in [0.1, 0.15) is 11.6 Å². The van der Waals surface area contributed by atoms with Crippen molar-refractivity contribution in [3.8, 4) is 0 Å². The third-order valence-corrected chi connectivity index (χ3v) is 8.54. The van der Waals surface area contributed by atoms with Crippen LogP contribution in [0.3, 0.4) is 0 Å². The van der Waals surface area contributed by atoms with Gasteiger partial charge in [-0.3, -0.25) is 9.69 Å². The predicted octanol–water partition coefficient (Wildman–Crippen LogP) is 4.34. The average molecular weight is 496 g/mol. The van der Waals surface area contributed by atoms with Crippen LogP contribution in [-0.2, 0) is 6.42 Å². The van der Waals surface area contributed by atoms with Gasteiger partial charge in [0, 0.05) is 49.9 Å². The molecule has 3 fully saturated rings. The highest BCUT2D eigenvalue weighted by atomic mass is 19.1. The number of carbonyl (C=O) groups is 1. The molecule has 6 rings (SSSR count). The molecule has 36 heavy (non-hydrogen) atoms. The molecule has 1 unspecified atom stereocenters. The van der Waals surface area contributed by atoms with E-state index in [4.69, 9.17) is 0 Å². The first-order valence-corrected chi connectivity index (χ1v) is 13.5. The van der Waals surface area contributed by atoms with Gasteiger partial charge in [0.05, 0.1) is 17.5 Å². The molecule has 0 spiro atoms. The van der Waals surface area contributed by atoms with Gasteiger partial charge in [0.15, 0.2) is 0 Å². The molecule has 0 saturated carbocycles. The zero-order chi connectivity index (χ0) is 24.6. The van der Waals surface area contributed by atoms with Crippen molar-refractivity contribution in [3.05, 3.63) is 58.9 Å². The third-order valence-electron chi connectivity index (χ3n) is 8.54. The largest absolute Gasteiger partial charge is 0.338 e. The van der Waals surface area contributed by atoms with Crippen LogP contribution in [0, 0.1) is 17.6 Å². The van der Waals surface area contributed by atoms with Crippen molar-refractivity contribution in [2.75, 3.05) is 39.3 Å². The van der Waals surface area contributed by atoms with E-state index in [0.29, 0.717) is 23.5 Å². The van der Waals surface area contributed by atoms with E-state index in [9.17, 15) is 13.6 Å². The minimum Gasteiger partial charge on any atom is -0.338 e. The first-order valence-electron chi connectivity index (χ1n) is 13.5. The maximum Gasteiger partial charge on any atom is 0.257 e. The summed E-state index contributed by atoms with van der Waals surface area (Å²) in [5.74, 6) is -0.160. The van der Waals surface area contributed by atoms with Gasteiger partial charge in [-0.15, -0.1) is 0 Å². The van der Waals surface area contributed by atoms with Gasteiger partial charge in [-0.1, -0.05) is 0 Å². The molecule has 192 valence electrons. The lowest BCUT2D eigenvalue weighted by Gasteiger charge is -2.35. The van der Waals surface area contributed by atoms with Crippen LogP contribution in [0.2, 0.25) is 0 Å². The van der Waals surface area contributed by atoms with Crippen molar-refractivity contribution in [1.29, 1.82) is 0 Å². The first-order chi connectivity index (χ1) is 17.6. The highest BCUT2D eigenvalue weighted by Crippen LogP contribution is 2.37. The minimum absolute atomic E-state index is 0.0141. The number of amides is 1. The van der Waals surface area contributed by atoms with Crippen LogP contribution in [0.15, 0.2) is 30.5 Å². The molecule has 6 nitrogen and oxygen atoms in total. The molecule has 3 saturated heterocycles.